The van der Waals surface area contributed by atoms with E-state index in [2.05, 4.69) is 0 Å². The van der Waals surface area contributed by atoms with Crippen LogP contribution in [-0.4, -0.2) is 26.7 Å². The van der Waals surface area contributed by atoms with Crippen LogP contribution in [0.4, 0.5) is 4.39 Å². The largest absolute Gasteiger partial charge is 0.384 e. The highest BCUT2D eigenvalue weighted by molar-refractivity contribution is 5.22. The highest BCUT2D eigenvalue weighted by Crippen LogP contribution is 2.28. The van der Waals surface area contributed by atoms with E-state index in [1.54, 1.807) is 30.3 Å². The van der Waals surface area contributed by atoms with E-state index in [-0.39, 0.29) is 18.4 Å². The fourth-order valence-electron chi connectivity index (χ4n) is 2.23. The van der Waals surface area contributed by atoms with Crippen LogP contribution in [-0.2, 0) is 12.8 Å². The van der Waals surface area contributed by atoms with Crippen LogP contribution in [0, 0.1) is 5.82 Å². The molecule has 2 rings (SSSR count). The Labute approximate surface area is 123 Å². The van der Waals surface area contributed by atoms with Gasteiger partial charge in [-0.15, -0.1) is 0 Å². The quantitative estimate of drug-likeness (QED) is 0.739. The lowest BCUT2D eigenvalue weighted by Crippen LogP contribution is -2.55. The summed E-state index contributed by atoms with van der Waals surface area (Å²) in [5.41, 5.74) is -0.893. The first-order chi connectivity index (χ1) is 9.82. The Hall–Kier alpha value is -1.75. The Morgan fingerprint density at radius 1 is 0.857 bits per heavy atom. The van der Waals surface area contributed by atoms with Gasteiger partial charge in [0, 0.05) is 12.8 Å². The smallest absolute Gasteiger partial charge is 0.196 e. The summed E-state index contributed by atoms with van der Waals surface area (Å²) in [6.45, 7) is 1.33. The maximum Gasteiger partial charge on any atom is 0.196 e. The van der Waals surface area contributed by atoms with E-state index in [1.807, 2.05) is 6.07 Å². The molecule has 0 aromatic heterocycles. The maximum atomic E-state index is 13.6. The summed E-state index contributed by atoms with van der Waals surface area (Å²) >= 11 is 0. The molecule has 0 aliphatic carbocycles. The predicted molar refractivity (Wildman–Crippen MR) is 78.0 cm³/mol. The molecule has 0 amide bonds. The normalized spacial score (nSPS) is 14.7. The van der Waals surface area contributed by atoms with Gasteiger partial charge in [0.05, 0.1) is 0 Å². The number of aliphatic hydroxyl groups is 3. The molecule has 1 atom stereocenters. The zero-order valence-corrected chi connectivity index (χ0v) is 11.8. The average Bonchev–Trinajstić information content (AvgIpc) is 2.41. The third kappa shape index (κ3) is 3.67. The zero-order valence-electron chi connectivity index (χ0n) is 11.8. The van der Waals surface area contributed by atoms with Gasteiger partial charge in [-0.2, -0.15) is 0 Å². The van der Waals surface area contributed by atoms with Gasteiger partial charge in [-0.25, -0.2) is 4.39 Å². The van der Waals surface area contributed by atoms with Crippen LogP contribution in [0.3, 0.4) is 0 Å². The van der Waals surface area contributed by atoms with Crippen molar-refractivity contribution in [1.29, 1.82) is 0 Å². The minimum absolute atomic E-state index is 0.0509. The summed E-state index contributed by atoms with van der Waals surface area (Å²) in [5, 5.41) is 30.9. The first-order valence-electron chi connectivity index (χ1n) is 6.76. The van der Waals surface area contributed by atoms with Gasteiger partial charge in [-0.1, -0.05) is 48.5 Å². The number of halogens is 1. The van der Waals surface area contributed by atoms with Crippen molar-refractivity contribution in [1.82, 2.24) is 0 Å². The Morgan fingerprint density at radius 3 is 2.05 bits per heavy atom. The van der Waals surface area contributed by atoms with Gasteiger partial charge in [0.15, 0.2) is 5.79 Å². The van der Waals surface area contributed by atoms with Gasteiger partial charge in [-0.05, 0) is 24.1 Å². The van der Waals surface area contributed by atoms with Gasteiger partial charge in [0.25, 0.3) is 0 Å². The molecule has 0 saturated carbocycles. The fourth-order valence-corrected chi connectivity index (χ4v) is 2.23. The minimum Gasteiger partial charge on any atom is -0.384 e. The summed E-state index contributed by atoms with van der Waals surface area (Å²) in [4.78, 5) is 0. The third-order valence-corrected chi connectivity index (χ3v) is 3.65. The second-order valence-corrected chi connectivity index (χ2v) is 5.52. The molecule has 1 unspecified atom stereocenters. The van der Waals surface area contributed by atoms with Crippen molar-refractivity contribution in [3.63, 3.8) is 0 Å². The van der Waals surface area contributed by atoms with Gasteiger partial charge in [-0.3, -0.25) is 0 Å². The van der Waals surface area contributed by atoms with Crippen molar-refractivity contribution in [2.24, 2.45) is 0 Å². The molecule has 0 aliphatic heterocycles. The molecule has 21 heavy (non-hydrogen) atoms. The summed E-state index contributed by atoms with van der Waals surface area (Å²) < 4.78 is 13.6. The molecule has 0 spiro atoms. The molecular weight excluding hydrogens is 271 g/mol. The second kappa shape index (κ2) is 5.93. The van der Waals surface area contributed by atoms with Crippen LogP contribution in [0.5, 0.6) is 0 Å². The lowest BCUT2D eigenvalue weighted by atomic mass is 9.84. The third-order valence-electron chi connectivity index (χ3n) is 3.65. The summed E-state index contributed by atoms with van der Waals surface area (Å²) in [6.07, 6.45) is -0.338. The van der Waals surface area contributed by atoms with Crippen molar-refractivity contribution in [3.05, 3.63) is 71.5 Å². The van der Waals surface area contributed by atoms with Gasteiger partial charge < -0.3 is 15.3 Å². The summed E-state index contributed by atoms with van der Waals surface area (Å²) in [6, 6.07) is 14.9. The SMILES string of the molecule is CC(O)(Cc1ccccc1)C(O)(O)Cc1ccccc1F. The first kappa shape index (κ1) is 15.6. The Bertz CT molecular complexity index is 594. The van der Waals surface area contributed by atoms with E-state index in [0.29, 0.717) is 0 Å². The van der Waals surface area contributed by atoms with Crippen LogP contribution in [0.2, 0.25) is 0 Å². The highest BCUT2D eigenvalue weighted by Gasteiger charge is 2.44. The number of rotatable bonds is 5. The molecule has 2 aromatic carbocycles. The number of benzene rings is 2. The van der Waals surface area contributed by atoms with E-state index in [0.717, 1.165) is 5.56 Å². The Kier molecular flexibility index (Phi) is 4.42. The molecule has 4 heteroatoms. The molecule has 3 nitrogen and oxygen atoms in total. The topological polar surface area (TPSA) is 60.7 Å². The zero-order chi connectivity index (χ0) is 15.5. The molecule has 0 fully saturated rings. The van der Waals surface area contributed by atoms with E-state index < -0.39 is 17.2 Å². The molecule has 112 valence electrons. The maximum absolute atomic E-state index is 13.6. The van der Waals surface area contributed by atoms with Crippen LogP contribution < -0.4 is 0 Å². The van der Waals surface area contributed by atoms with Crippen molar-refractivity contribution in [2.45, 2.75) is 31.2 Å². The van der Waals surface area contributed by atoms with E-state index in [1.165, 1.54) is 25.1 Å². The predicted octanol–water partition coefficient (Wildman–Crippen LogP) is 2.04. The standard InChI is InChI=1S/C17H19FO3/c1-16(19,11-13-7-3-2-4-8-13)17(20,21)12-14-9-5-6-10-15(14)18/h2-10,19-21H,11-12H2,1H3. The molecule has 0 bridgehead atoms. The fraction of sp³-hybridized carbons (Fsp3) is 0.294. The minimum atomic E-state index is -2.44. The average molecular weight is 290 g/mol. The van der Waals surface area contributed by atoms with E-state index >= 15 is 0 Å². The summed E-state index contributed by atoms with van der Waals surface area (Å²) in [5.74, 6) is -2.97. The Balaban J connectivity index is 2.19. The van der Waals surface area contributed by atoms with Crippen LogP contribution in [0.25, 0.3) is 0 Å². The van der Waals surface area contributed by atoms with E-state index in [4.69, 9.17) is 0 Å². The lowest BCUT2D eigenvalue weighted by molar-refractivity contribution is -0.267. The lowest BCUT2D eigenvalue weighted by Gasteiger charge is -2.37. The molecular formula is C17H19FO3. The first-order valence-corrected chi connectivity index (χ1v) is 6.76. The Morgan fingerprint density at radius 2 is 1.43 bits per heavy atom. The summed E-state index contributed by atoms with van der Waals surface area (Å²) in [7, 11) is 0. The molecule has 2 aromatic rings. The van der Waals surface area contributed by atoms with Crippen LogP contribution in [0.1, 0.15) is 18.1 Å². The van der Waals surface area contributed by atoms with Crippen molar-refractivity contribution >= 4 is 0 Å². The second-order valence-electron chi connectivity index (χ2n) is 5.52. The van der Waals surface area contributed by atoms with Crippen molar-refractivity contribution < 1.29 is 19.7 Å². The molecule has 0 radical (unpaired) electrons. The molecule has 0 saturated heterocycles. The molecule has 0 aliphatic rings. The van der Waals surface area contributed by atoms with E-state index in [9.17, 15) is 19.7 Å². The monoisotopic (exact) mass is 290 g/mol. The highest BCUT2D eigenvalue weighted by atomic mass is 19.1. The van der Waals surface area contributed by atoms with Crippen molar-refractivity contribution in [2.75, 3.05) is 0 Å². The molecule has 0 heterocycles. The molecule has 3 N–H and O–H groups in total. The number of hydrogen-bond acceptors (Lipinski definition) is 3. The van der Waals surface area contributed by atoms with Crippen LogP contribution >= 0.6 is 0 Å². The van der Waals surface area contributed by atoms with Crippen molar-refractivity contribution in [3.8, 4) is 0 Å². The van der Waals surface area contributed by atoms with Gasteiger partial charge in [0.2, 0.25) is 0 Å². The van der Waals surface area contributed by atoms with Gasteiger partial charge in [0.1, 0.15) is 11.4 Å². The number of hydrogen-bond donors (Lipinski definition) is 3. The van der Waals surface area contributed by atoms with Crippen LogP contribution in [0.15, 0.2) is 54.6 Å². The van der Waals surface area contributed by atoms with Gasteiger partial charge >= 0.3 is 0 Å².